The maximum Gasteiger partial charge on any atom is 0.143 e. The number of halogens is 1. The fourth-order valence-electron chi connectivity index (χ4n) is 1.67. The second-order valence-corrected chi connectivity index (χ2v) is 3.85. The highest BCUT2D eigenvalue weighted by Gasteiger charge is 2.08. The van der Waals surface area contributed by atoms with E-state index in [-0.39, 0.29) is 5.56 Å². The number of furan rings is 1. The molecule has 18 heavy (non-hydrogen) atoms. The number of hydrogen-bond donors (Lipinski definition) is 1. The van der Waals surface area contributed by atoms with Crippen LogP contribution in [0.4, 0.5) is 10.1 Å². The van der Waals surface area contributed by atoms with Crippen molar-refractivity contribution in [3.63, 3.8) is 0 Å². The van der Waals surface area contributed by atoms with Gasteiger partial charge in [-0.05, 0) is 24.3 Å². The predicted molar refractivity (Wildman–Crippen MR) is 66.5 cm³/mol. The summed E-state index contributed by atoms with van der Waals surface area (Å²) < 4.78 is 18.9. The molecule has 0 spiro atoms. The Morgan fingerprint density at radius 3 is 2.72 bits per heavy atom. The lowest BCUT2D eigenvalue weighted by Gasteiger charge is -2.06. The van der Waals surface area contributed by atoms with Gasteiger partial charge >= 0.3 is 0 Å². The maximum atomic E-state index is 13.3. The van der Waals surface area contributed by atoms with Crippen LogP contribution in [0.25, 0.3) is 0 Å². The van der Waals surface area contributed by atoms with Gasteiger partial charge in [0.25, 0.3) is 0 Å². The summed E-state index contributed by atoms with van der Waals surface area (Å²) >= 11 is 0. The fraction of sp³-hybridized carbons (Fsp3) is 0.214. The minimum atomic E-state index is -0.517. The molecule has 0 saturated heterocycles. The number of benzene rings is 1. The molecule has 3 nitrogen and oxygen atoms in total. The van der Waals surface area contributed by atoms with Gasteiger partial charge in [0.15, 0.2) is 0 Å². The zero-order valence-corrected chi connectivity index (χ0v) is 10.0. The first-order valence-corrected chi connectivity index (χ1v) is 5.74. The number of rotatable bonds is 4. The van der Waals surface area contributed by atoms with E-state index in [9.17, 15) is 4.39 Å². The highest BCUT2D eigenvalue weighted by Crippen LogP contribution is 2.19. The van der Waals surface area contributed by atoms with E-state index in [1.165, 1.54) is 6.07 Å². The van der Waals surface area contributed by atoms with Crippen molar-refractivity contribution in [2.45, 2.75) is 19.9 Å². The average molecular weight is 244 g/mol. The standard InChI is InChI=1S/C14H13FN2O/c1-2-10-6-7-11(18-10)9-17-14-5-3-4-13(15)12(14)8-16/h3-7,17H,2,9H2,1H3. The highest BCUT2D eigenvalue weighted by molar-refractivity contribution is 5.57. The fourth-order valence-corrected chi connectivity index (χ4v) is 1.67. The van der Waals surface area contributed by atoms with Gasteiger partial charge in [-0.1, -0.05) is 13.0 Å². The molecule has 1 aromatic carbocycles. The number of nitrogens with one attached hydrogen (secondary N) is 1. The zero-order valence-electron chi connectivity index (χ0n) is 10.0. The van der Waals surface area contributed by atoms with E-state index in [0.29, 0.717) is 12.2 Å². The van der Waals surface area contributed by atoms with Crippen molar-refractivity contribution in [2.24, 2.45) is 0 Å². The molecule has 0 aliphatic heterocycles. The van der Waals surface area contributed by atoms with Gasteiger partial charge in [-0.15, -0.1) is 0 Å². The van der Waals surface area contributed by atoms with Crippen LogP contribution >= 0.6 is 0 Å². The first-order chi connectivity index (χ1) is 8.74. The summed E-state index contributed by atoms with van der Waals surface area (Å²) in [4.78, 5) is 0. The first kappa shape index (κ1) is 12.2. The summed E-state index contributed by atoms with van der Waals surface area (Å²) in [6.45, 7) is 2.44. The lowest BCUT2D eigenvalue weighted by Crippen LogP contribution is -2.01. The maximum absolute atomic E-state index is 13.3. The van der Waals surface area contributed by atoms with Crippen LogP contribution in [-0.2, 0) is 13.0 Å². The Hall–Kier alpha value is -2.28. The molecule has 0 aliphatic carbocycles. The van der Waals surface area contributed by atoms with Gasteiger partial charge in [-0.25, -0.2) is 4.39 Å². The minimum Gasteiger partial charge on any atom is -0.464 e. The molecule has 0 amide bonds. The lowest BCUT2D eigenvalue weighted by atomic mass is 10.2. The Balaban J connectivity index is 2.11. The Bertz CT molecular complexity index is 584. The summed E-state index contributed by atoms with van der Waals surface area (Å²) in [6, 6.07) is 10.1. The molecule has 1 aromatic heterocycles. The average Bonchev–Trinajstić information content (AvgIpc) is 2.84. The van der Waals surface area contributed by atoms with Crippen LogP contribution in [0.1, 0.15) is 24.0 Å². The Morgan fingerprint density at radius 2 is 2.06 bits per heavy atom. The van der Waals surface area contributed by atoms with Crippen molar-refractivity contribution in [2.75, 3.05) is 5.32 Å². The summed E-state index contributed by atoms with van der Waals surface area (Å²) in [5, 5.41) is 11.9. The van der Waals surface area contributed by atoms with Crippen molar-refractivity contribution in [1.82, 2.24) is 0 Å². The van der Waals surface area contributed by atoms with Crippen LogP contribution < -0.4 is 5.32 Å². The van der Waals surface area contributed by atoms with E-state index in [1.54, 1.807) is 12.1 Å². The van der Waals surface area contributed by atoms with Crippen molar-refractivity contribution in [3.05, 3.63) is 53.2 Å². The molecule has 2 rings (SSSR count). The predicted octanol–water partition coefficient (Wildman–Crippen LogP) is 3.46. The smallest absolute Gasteiger partial charge is 0.143 e. The number of nitriles is 1. The third-order valence-corrected chi connectivity index (χ3v) is 2.64. The minimum absolute atomic E-state index is 0.0276. The number of anilines is 1. The van der Waals surface area contributed by atoms with Crippen LogP contribution in [0.3, 0.4) is 0 Å². The van der Waals surface area contributed by atoms with E-state index in [2.05, 4.69) is 5.32 Å². The molecule has 0 atom stereocenters. The van der Waals surface area contributed by atoms with Crippen molar-refractivity contribution < 1.29 is 8.81 Å². The largest absolute Gasteiger partial charge is 0.464 e. The molecule has 1 N–H and O–H groups in total. The zero-order chi connectivity index (χ0) is 13.0. The normalized spacial score (nSPS) is 10.1. The Kier molecular flexibility index (Phi) is 3.63. The van der Waals surface area contributed by atoms with Crippen molar-refractivity contribution >= 4 is 5.69 Å². The van der Waals surface area contributed by atoms with Gasteiger partial charge in [0, 0.05) is 6.42 Å². The molecular weight excluding hydrogens is 231 g/mol. The summed E-state index contributed by atoms with van der Waals surface area (Å²) in [5.41, 5.74) is 0.506. The van der Waals surface area contributed by atoms with Crippen LogP contribution in [0.5, 0.6) is 0 Å². The van der Waals surface area contributed by atoms with Crippen LogP contribution in [-0.4, -0.2) is 0 Å². The second kappa shape index (κ2) is 5.37. The molecule has 92 valence electrons. The van der Waals surface area contributed by atoms with Gasteiger partial charge in [-0.2, -0.15) is 5.26 Å². The summed E-state index contributed by atoms with van der Waals surface area (Å²) in [6.07, 6.45) is 0.837. The monoisotopic (exact) mass is 244 g/mol. The van der Waals surface area contributed by atoms with Crippen molar-refractivity contribution in [3.8, 4) is 6.07 Å². The van der Waals surface area contributed by atoms with E-state index in [1.807, 2.05) is 25.1 Å². The van der Waals surface area contributed by atoms with Crippen molar-refractivity contribution in [1.29, 1.82) is 5.26 Å². The van der Waals surface area contributed by atoms with Gasteiger partial charge < -0.3 is 9.73 Å². The number of nitrogens with zero attached hydrogens (tertiary/aromatic N) is 1. The van der Waals surface area contributed by atoms with E-state index in [0.717, 1.165) is 17.9 Å². The van der Waals surface area contributed by atoms with E-state index < -0.39 is 5.82 Å². The van der Waals surface area contributed by atoms with Crippen LogP contribution in [0.2, 0.25) is 0 Å². The molecule has 0 fully saturated rings. The van der Waals surface area contributed by atoms with Crippen LogP contribution in [0, 0.1) is 17.1 Å². The van der Waals surface area contributed by atoms with Gasteiger partial charge in [0.1, 0.15) is 29.0 Å². The van der Waals surface area contributed by atoms with E-state index in [4.69, 9.17) is 9.68 Å². The summed E-state index contributed by atoms with van der Waals surface area (Å²) in [5.74, 6) is 1.16. The number of hydrogen-bond acceptors (Lipinski definition) is 3. The molecule has 0 aliphatic rings. The second-order valence-electron chi connectivity index (χ2n) is 3.85. The molecule has 1 heterocycles. The Labute approximate surface area is 105 Å². The quantitative estimate of drug-likeness (QED) is 0.895. The molecule has 0 saturated carbocycles. The lowest BCUT2D eigenvalue weighted by molar-refractivity contribution is 0.476. The highest BCUT2D eigenvalue weighted by atomic mass is 19.1. The Morgan fingerprint density at radius 1 is 1.28 bits per heavy atom. The topological polar surface area (TPSA) is 49.0 Å². The molecule has 0 bridgehead atoms. The van der Waals surface area contributed by atoms with Gasteiger partial charge in [0.2, 0.25) is 0 Å². The molecule has 4 heteroatoms. The molecule has 0 radical (unpaired) electrons. The van der Waals surface area contributed by atoms with Crippen LogP contribution in [0.15, 0.2) is 34.7 Å². The third kappa shape index (κ3) is 2.51. The number of aryl methyl sites for hydroxylation is 1. The molecule has 2 aromatic rings. The summed E-state index contributed by atoms with van der Waals surface area (Å²) in [7, 11) is 0. The van der Waals surface area contributed by atoms with E-state index >= 15 is 0 Å². The third-order valence-electron chi connectivity index (χ3n) is 2.64. The van der Waals surface area contributed by atoms with Gasteiger partial charge in [0.05, 0.1) is 12.2 Å². The molecular formula is C14H13FN2O. The first-order valence-electron chi connectivity index (χ1n) is 5.74. The van der Waals surface area contributed by atoms with Gasteiger partial charge in [-0.3, -0.25) is 0 Å². The molecule has 0 unspecified atom stereocenters. The SMILES string of the molecule is CCc1ccc(CNc2cccc(F)c2C#N)o1.